The van der Waals surface area contributed by atoms with Crippen LogP contribution in [0.5, 0.6) is 0 Å². The molecule has 72 valence electrons. The maximum Gasteiger partial charge on any atom is 0.333 e. The molecule has 0 saturated carbocycles. The van der Waals surface area contributed by atoms with Gasteiger partial charge < -0.3 is 0 Å². The van der Waals surface area contributed by atoms with Crippen LogP contribution in [-0.4, -0.2) is 24.8 Å². The van der Waals surface area contributed by atoms with Crippen molar-refractivity contribution in [3.8, 4) is 0 Å². The van der Waals surface area contributed by atoms with E-state index in [9.17, 15) is 14.4 Å². The number of rotatable bonds is 3. The van der Waals surface area contributed by atoms with Gasteiger partial charge in [0.15, 0.2) is 0 Å². The third kappa shape index (κ3) is 2.28. The molecule has 0 aliphatic rings. The summed E-state index contributed by atoms with van der Waals surface area (Å²) in [5, 5.41) is 0. The van der Waals surface area contributed by atoms with Crippen molar-refractivity contribution in [1.29, 1.82) is 0 Å². The molecule has 0 bridgehead atoms. The van der Waals surface area contributed by atoms with Gasteiger partial charge in [0, 0.05) is 16.8 Å². The van der Waals surface area contributed by atoms with E-state index in [4.69, 9.17) is 0 Å². The van der Waals surface area contributed by atoms with E-state index in [0.717, 1.165) is 27.3 Å². The van der Waals surface area contributed by atoms with Gasteiger partial charge in [-0.1, -0.05) is 6.04 Å². The lowest BCUT2D eigenvalue weighted by Crippen LogP contribution is -2.43. The summed E-state index contributed by atoms with van der Waals surface area (Å²) in [6.45, 7) is 0.369. The SMILES string of the molecule is O=c1[nH]c(=O)n(CCC[SiH3])c(=O)[nH]1. The first-order valence-corrected chi connectivity index (χ1v) is 5.50. The Morgan fingerprint density at radius 3 is 2.15 bits per heavy atom. The van der Waals surface area contributed by atoms with Crippen molar-refractivity contribution in [3.05, 3.63) is 31.5 Å². The maximum absolute atomic E-state index is 11.1. The van der Waals surface area contributed by atoms with Crippen molar-refractivity contribution in [2.45, 2.75) is 19.0 Å². The van der Waals surface area contributed by atoms with Crippen LogP contribution in [0.1, 0.15) is 6.42 Å². The Labute approximate surface area is 76.1 Å². The first kappa shape index (κ1) is 9.71. The fourth-order valence-corrected chi connectivity index (χ4v) is 1.29. The summed E-state index contributed by atoms with van der Waals surface area (Å²) in [4.78, 5) is 36.7. The van der Waals surface area contributed by atoms with E-state index < -0.39 is 17.1 Å². The molecule has 1 heterocycles. The van der Waals surface area contributed by atoms with Gasteiger partial charge in [-0.05, 0) is 6.42 Å². The number of nitrogens with zero attached hydrogens (tertiary/aromatic N) is 1. The zero-order valence-electron chi connectivity index (χ0n) is 7.29. The Hall–Kier alpha value is -1.37. The minimum Gasteiger partial charge on any atom is -0.259 e. The molecule has 0 aliphatic carbocycles. The lowest BCUT2D eigenvalue weighted by molar-refractivity contribution is 0.586. The predicted molar refractivity (Wildman–Crippen MR) is 51.3 cm³/mol. The number of hydrogen-bond acceptors (Lipinski definition) is 3. The average molecular weight is 201 g/mol. The molecule has 0 amide bonds. The van der Waals surface area contributed by atoms with Crippen LogP contribution in [-0.2, 0) is 6.54 Å². The highest BCUT2D eigenvalue weighted by atomic mass is 28.1. The van der Waals surface area contributed by atoms with Crippen molar-refractivity contribution in [2.75, 3.05) is 0 Å². The van der Waals surface area contributed by atoms with Gasteiger partial charge in [-0.2, -0.15) is 0 Å². The fraction of sp³-hybridized carbons (Fsp3) is 0.500. The monoisotopic (exact) mass is 201 g/mol. The summed E-state index contributed by atoms with van der Waals surface area (Å²) in [7, 11) is 1.04. The highest BCUT2D eigenvalue weighted by molar-refractivity contribution is 6.08. The van der Waals surface area contributed by atoms with E-state index in [0.29, 0.717) is 6.54 Å². The Balaban J connectivity index is 3.15. The molecule has 7 heteroatoms. The van der Waals surface area contributed by atoms with Crippen LogP contribution in [0.3, 0.4) is 0 Å². The largest absolute Gasteiger partial charge is 0.333 e. The van der Waals surface area contributed by atoms with E-state index in [1.54, 1.807) is 0 Å². The van der Waals surface area contributed by atoms with E-state index >= 15 is 0 Å². The Bertz CT molecular complexity index is 409. The van der Waals surface area contributed by atoms with E-state index in [2.05, 4.69) is 0 Å². The van der Waals surface area contributed by atoms with Gasteiger partial charge >= 0.3 is 17.1 Å². The van der Waals surface area contributed by atoms with Gasteiger partial charge in [0.2, 0.25) is 0 Å². The Kier molecular flexibility index (Phi) is 3.01. The minimum atomic E-state index is -0.753. The topological polar surface area (TPSA) is 87.7 Å². The summed E-state index contributed by atoms with van der Waals surface area (Å²) >= 11 is 0. The molecule has 13 heavy (non-hydrogen) atoms. The zero-order chi connectivity index (χ0) is 9.84. The van der Waals surface area contributed by atoms with Crippen LogP contribution in [0.2, 0.25) is 6.04 Å². The number of aromatic amines is 2. The third-order valence-electron chi connectivity index (χ3n) is 1.67. The molecule has 0 radical (unpaired) electrons. The average Bonchev–Trinajstić information content (AvgIpc) is 2.02. The van der Waals surface area contributed by atoms with Gasteiger partial charge in [0.05, 0.1) is 0 Å². The summed E-state index contributed by atoms with van der Waals surface area (Å²) in [6.07, 6.45) is 0.793. The predicted octanol–water partition coefficient (Wildman–Crippen LogP) is -2.60. The molecule has 0 aliphatic heterocycles. The Morgan fingerprint density at radius 1 is 1.15 bits per heavy atom. The van der Waals surface area contributed by atoms with Crippen LogP contribution in [0.15, 0.2) is 14.4 Å². The highest BCUT2D eigenvalue weighted by Gasteiger charge is 2.00. The van der Waals surface area contributed by atoms with E-state index in [1.165, 1.54) is 0 Å². The van der Waals surface area contributed by atoms with Gasteiger partial charge in [0.1, 0.15) is 0 Å². The van der Waals surface area contributed by atoms with E-state index in [-0.39, 0.29) is 0 Å². The molecule has 1 aromatic heterocycles. The second-order valence-corrected chi connectivity index (χ2v) is 3.69. The first-order chi connectivity index (χ1) is 6.15. The first-order valence-electron chi connectivity index (χ1n) is 4.08. The summed E-state index contributed by atoms with van der Waals surface area (Å²) in [5.41, 5.74) is -2.02. The summed E-state index contributed by atoms with van der Waals surface area (Å²) < 4.78 is 0.999. The second-order valence-electron chi connectivity index (χ2n) is 2.69. The molecule has 0 fully saturated rings. The number of H-pyrrole nitrogens is 2. The van der Waals surface area contributed by atoms with E-state index in [1.807, 2.05) is 9.97 Å². The molecule has 2 N–H and O–H groups in total. The lowest BCUT2D eigenvalue weighted by atomic mass is 10.5. The molecule has 6 nitrogen and oxygen atoms in total. The normalized spacial score (nSPS) is 10.5. The van der Waals surface area contributed by atoms with Crippen molar-refractivity contribution in [1.82, 2.24) is 14.5 Å². The Morgan fingerprint density at radius 2 is 1.69 bits per heavy atom. The molecule has 1 rings (SSSR count). The minimum absolute atomic E-state index is 0.369. The van der Waals surface area contributed by atoms with Crippen molar-refractivity contribution >= 4 is 10.2 Å². The highest BCUT2D eigenvalue weighted by Crippen LogP contribution is 1.84. The van der Waals surface area contributed by atoms with Gasteiger partial charge in [-0.3, -0.25) is 9.97 Å². The van der Waals surface area contributed by atoms with Crippen LogP contribution >= 0.6 is 0 Å². The van der Waals surface area contributed by atoms with Crippen LogP contribution in [0, 0.1) is 0 Å². The zero-order valence-corrected chi connectivity index (χ0v) is 9.29. The fourth-order valence-electron chi connectivity index (χ4n) is 0.972. The molecule has 0 atom stereocenters. The standard InChI is InChI=1S/C6H11N3O3Si/c10-4-7-5(11)9(2-1-3-13)6(12)8-4/h1-3H2,13H3,(H2,7,8,10,11,12). The molecule has 0 aromatic carbocycles. The van der Waals surface area contributed by atoms with Gasteiger partial charge in [-0.15, -0.1) is 0 Å². The molecular weight excluding hydrogens is 190 g/mol. The third-order valence-corrected chi connectivity index (χ3v) is 2.37. The van der Waals surface area contributed by atoms with Crippen molar-refractivity contribution in [2.24, 2.45) is 0 Å². The van der Waals surface area contributed by atoms with Crippen LogP contribution < -0.4 is 17.1 Å². The smallest absolute Gasteiger partial charge is 0.259 e. The number of aromatic nitrogens is 3. The van der Waals surface area contributed by atoms with Gasteiger partial charge in [-0.25, -0.2) is 19.0 Å². The van der Waals surface area contributed by atoms with Gasteiger partial charge in [0.25, 0.3) is 0 Å². The van der Waals surface area contributed by atoms with Crippen LogP contribution in [0.25, 0.3) is 0 Å². The molecule has 1 aromatic rings. The molecule has 0 spiro atoms. The van der Waals surface area contributed by atoms with Crippen LogP contribution in [0.4, 0.5) is 0 Å². The molecule has 0 unspecified atom stereocenters. The second kappa shape index (κ2) is 4.03. The summed E-state index contributed by atoms with van der Waals surface area (Å²) in [5.74, 6) is 0. The number of nitrogens with one attached hydrogen (secondary N) is 2. The lowest BCUT2D eigenvalue weighted by Gasteiger charge is -1.99. The van der Waals surface area contributed by atoms with Crippen molar-refractivity contribution in [3.63, 3.8) is 0 Å². The summed E-state index contributed by atoms with van der Waals surface area (Å²) in [6, 6.07) is 1.02. The number of hydrogen-bond donors (Lipinski definition) is 2. The van der Waals surface area contributed by atoms with Crippen molar-refractivity contribution < 1.29 is 0 Å². The molecular formula is C6H11N3O3Si. The quantitative estimate of drug-likeness (QED) is 0.526. The maximum atomic E-state index is 11.1. The molecule has 0 saturated heterocycles.